The molecule has 0 spiro atoms. The minimum atomic E-state index is -0.221. The summed E-state index contributed by atoms with van der Waals surface area (Å²) in [5.74, 6) is 0.988. The fourth-order valence-electron chi connectivity index (χ4n) is 2.45. The van der Waals surface area contributed by atoms with Crippen LogP contribution in [0.4, 0.5) is 5.82 Å². The Bertz CT molecular complexity index is 859. The van der Waals surface area contributed by atoms with Gasteiger partial charge in [-0.15, -0.1) is 0 Å². The number of nitrogens with zero attached hydrogens (tertiary/aromatic N) is 2. The molecule has 1 amide bonds. The maximum Gasteiger partial charge on any atom is 0.260 e. The summed E-state index contributed by atoms with van der Waals surface area (Å²) in [7, 11) is 0. The average Bonchev–Trinajstić information content (AvgIpc) is 3.04. The zero-order chi connectivity index (χ0) is 17.6. The normalized spacial score (nSPS) is 10.5. The molecule has 0 fully saturated rings. The molecule has 25 heavy (non-hydrogen) atoms. The van der Waals surface area contributed by atoms with E-state index in [1.54, 1.807) is 29.1 Å². The molecule has 1 heterocycles. The van der Waals surface area contributed by atoms with Crippen LogP contribution in [0.3, 0.4) is 0 Å². The molecule has 0 atom stereocenters. The third kappa shape index (κ3) is 4.28. The smallest absolute Gasteiger partial charge is 0.260 e. The van der Waals surface area contributed by atoms with Crippen LogP contribution in [0.1, 0.15) is 22.8 Å². The van der Waals surface area contributed by atoms with Gasteiger partial charge in [-0.2, -0.15) is 5.10 Å². The van der Waals surface area contributed by atoms with Gasteiger partial charge in [0, 0.05) is 10.5 Å². The Morgan fingerprint density at radius 1 is 1.16 bits per heavy atom. The van der Waals surface area contributed by atoms with Gasteiger partial charge in [-0.1, -0.05) is 40.2 Å². The van der Waals surface area contributed by atoms with Crippen molar-refractivity contribution in [2.24, 2.45) is 0 Å². The highest BCUT2D eigenvalue weighted by molar-refractivity contribution is 9.10. The van der Waals surface area contributed by atoms with E-state index >= 15 is 0 Å². The fraction of sp³-hybridized carbons (Fsp3) is 0.158. The topological polar surface area (TPSA) is 56.1 Å². The van der Waals surface area contributed by atoms with Crippen LogP contribution >= 0.6 is 15.9 Å². The standard InChI is InChI=1S/C19H18BrN3O2/c1-2-25-17-6-4-3-5-16(17)19(24)22-18-11-12-21-23(18)13-14-7-9-15(20)10-8-14/h3-12H,2,13H2,1H3,(H,22,24). The summed E-state index contributed by atoms with van der Waals surface area (Å²) < 4.78 is 8.31. The van der Waals surface area contributed by atoms with E-state index in [0.29, 0.717) is 30.3 Å². The van der Waals surface area contributed by atoms with Gasteiger partial charge in [0.1, 0.15) is 11.6 Å². The summed E-state index contributed by atoms with van der Waals surface area (Å²) in [6.45, 7) is 2.97. The van der Waals surface area contributed by atoms with Crippen molar-refractivity contribution in [1.29, 1.82) is 0 Å². The molecule has 128 valence electrons. The molecule has 1 N–H and O–H groups in total. The molecular weight excluding hydrogens is 382 g/mol. The van der Waals surface area contributed by atoms with Gasteiger partial charge < -0.3 is 10.1 Å². The summed E-state index contributed by atoms with van der Waals surface area (Å²) in [6, 6.07) is 17.0. The predicted octanol–water partition coefficient (Wildman–Crippen LogP) is 4.34. The third-order valence-electron chi connectivity index (χ3n) is 3.64. The SMILES string of the molecule is CCOc1ccccc1C(=O)Nc1ccnn1Cc1ccc(Br)cc1. The first kappa shape index (κ1) is 17.2. The Morgan fingerprint density at radius 2 is 1.92 bits per heavy atom. The lowest BCUT2D eigenvalue weighted by atomic mass is 10.2. The van der Waals surface area contributed by atoms with Crippen LogP contribution in [0.5, 0.6) is 5.75 Å². The molecular formula is C19H18BrN3O2. The number of benzene rings is 2. The van der Waals surface area contributed by atoms with E-state index in [4.69, 9.17) is 4.74 Å². The summed E-state index contributed by atoms with van der Waals surface area (Å²) in [4.78, 5) is 12.6. The number of ether oxygens (including phenoxy) is 1. The number of para-hydroxylation sites is 1. The van der Waals surface area contributed by atoms with Crippen LogP contribution in [0.15, 0.2) is 65.3 Å². The van der Waals surface area contributed by atoms with Crippen molar-refractivity contribution < 1.29 is 9.53 Å². The van der Waals surface area contributed by atoms with Gasteiger partial charge in [0.25, 0.3) is 5.91 Å². The van der Waals surface area contributed by atoms with Crippen LogP contribution in [0.2, 0.25) is 0 Å². The minimum absolute atomic E-state index is 0.221. The maximum atomic E-state index is 12.6. The van der Waals surface area contributed by atoms with E-state index in [0.717, 1.165) is 10.0 Å². The van der Waals surface area contributed by atoms with Crippen LogP contribution in [0.25, 0.3) is 0 Å². The Labute approximate surface area is 154 Å². The Hall–Kier alpha value is -2.60. The molecule has 0 aliphatic carbocycles. The molecule has 0 saturated carbocycles. The van der Waals surface area contributed by atoms with Crippen molar-refractivity contribution in [3.63, 3.8) is 0 Å². The number of halogens is 1. The quantitative estimate of drug-likeness (QED) is 0.670. The highest BCUT2D eigenvalue weighted by Gasteiger charge is 2.14. The predicted molar refractivity (Wildman–Crippen MR) is 101 cm³/mol. The lowest BCUT2D eigenvalue weighted by molar-refractivity contribution is 0.102. The number of rotatable bonds is 6. The van der Waals surface area contributed by atoms with Crippen LogP contribution < -0.4 is 10.1 Å². The van der Waals surface area contributed by atoms with E-state index in [1.165, 1.54) is 0 Å². The van der Waals surface area contributed by atoms with Crippen molar-refractivity contribution in [1.82, 2.24) is 9.78 Å². The van der Waals surface area contributed by atoms with Gasteiger partial charge in [-0.05, 0) is 36.8 Å². The van der Waals surface area contributed by atoms with Gasteiger partial charge in [-0.3, -0.25) is 4.79 Å². The Kier molecular flexibility index (Phi) is 5.50. The summed E-state index contributed by atoms with van der Waals surface area (Å²) >= 11 is 3.42. The summed E-state index contributed by atoms with van der Waals surface area (Å²) in [6.07, 6.45) is 1.67. The Balaban J connectivity index is 1.77. The van der Waals surface area contributed by atoms with Crippen molar-refractivity contribution in [3.8, 4) is 5.75 Å². The molecule has 0 bridgehead atoms. The van der Waals surface area contributed by atoms with E-state index in [-0.39, 0.29) is 5.91 Å². The second kappa shape index (κ2) is 7.98. The van der Waals surface area contributed by atoms with Crippen molar-refractivity contribution >= 4 is 27.7 Å². The highest BCUT2D eigenvalue weighted by atomic mass is 79.9. The van der Waals surface area contributed by atoms with E-state index < -0.39 is 0 Å². The second-order valence-corrected chi connectivity index (χ2v) is 6.30. The molecule has 0 aliphatic heterocycles. The van der Waals surface area contributed by atoms with Gasteiger partial charge in [0.05, 0.1) is 24.9 Å². The number of hydrogen-bond donors (Lipinski definition) is 1. The van der Waals surface area contributed by atoms with Gasteiger partial charge in [0.2, 0.25) is 0 Å². The largest absolute Gasteiger partial charge is 0.493 e. The van der Waals surface area contributed by atoms with Crippen LogP contribution in [0, 0.1) is 0 Å². The van der Waals surface area contributed by atoms with Gasteiger partial charge >= 0.3 is 0 Å². The third-order valence-corrected chi connectivity index (χ3v) is 4.16. The Morgan fingerprint density at radius 3 is 2.68 bits per heavy atom. The first-order valence-electron chi connectivity index (χ1n) is 7.97. The number of hydrogen-bond acceptors (Lipinski definition) is 3. The molecule has 6 heteroatoms. The molecule has 0 radical (unpaired) electrons. The molecule has 0 aliphatic rings. The first-order valence-corrected chi connectivity index (χ1v) is 8.76. The zero-order valence-corrected chi connectivity index (χ0v) is 15.4. The zero-order valence-electron chi connectivity index (χ0n) is 13.8. The number of anilines is 1. The lowest BCUT2D eigenvalue weighted by Crippen LogP contribution is -2.17. The molecule has 3 rings (SSSR count). The van der Waals surface area contributed by atoms with Crippen molar-refractivity contribution in [2.75, 3.05) is 11.9 Å². The highest BCUT2D eigenvalue weighted by Crippen LogP contribution is 2.20. The molecule has 3 aromatic rings. The molecule has 0 unspecified atom stereocenters. The lowest BCUT2D eigenvalue weighted by Gasteiger charge is -2.12. The molecule has 0 saturated heterocycles. The molecule has 5 nitrogen and oxygen atoms in total. The molecule has 1 aromatic heterocycles. The minimum Gasteiger partial charge on any atom is -0.493 e. The van der Waals surface area contributed by atoms with Gasteiger partial charge in [0.15, 0.2) is 0 Å². The van der Waals surface area contributed by atoms with Crippen LogP contribution in [-0.4, -0.2) is 22.3 Å². The second-order valence-electron chi connectivity index (χ2n) is 5.38. The number of carbonyl (C=O) groups excluding carboxylic acids is 1. The summed E-state index contributed by atoms with van der Waals surface area (Å²) in [5.41, 5.74) is 1.60. The maximum absolute atomic E-state index is 12.6. The fourth-order valence-corrected chi connectivity index (χ4v) is 2.71. The number of nitrogens with one attached hydrogen (secondary N) is 1. The van der Waals surface area contributed by atoms with Crippen molar-refractivity contribution in [3.05, 3.63) is 76.4 Å². The van der Waals surface area contributed by atoms with E-state index in [9.17, 15) is 4.79 Å². The van der Waals surface area contributed by atoms with Crippen molar-refractivity contribution in [2.45, 2.75) is 13.5 Å². The average molecular weight is 400 g/mol. The van der Waals surface area contributed by atoms with Crippen LogP contribution in [-0.2, 0) is 6.54 Å². The monoisotopic (exact) mass is 399 g/mol. The first-order chi connectivity index (χ1) is 12.2. The summed E-state index contributed by atoms with van der Waals surface area (Å²) in [5, 5.41) is 7.21. The van der Waals surface area contributed by atoms with E-state index in [1.807, 2.05) is 43.3 Å². The van der Waals surface area contributed by atoms with Gasteiger partial charge in [-0.25, -0.2) is 4.68 Å². The molecule has 2 aromatic carbocycles. The van der Waals surface area contributed by atoms with E-state index in [2.05, 4.69) is 26.3 Å². The number of aromatic nitrogens is 2. The number of amides is 1. The number of carbonyl (C=O) groups is 1.